The summed E-state index contributed by atoms with van der Waals surface area (Å²) in [7, 11) is 0. The average Bonchev–Trinajstić information content (AvgIpc) is 3.91. The van der Waals surface area contributed by atoms with Gasteiger partial charge in [0.15, 0.2) is 0 Å². The third kappa shape index (κ3) is 12.9. The maximum absolute atomic E-state index is 13.0. The predicted octanol–water partition coefficient (Wildman–Crippen LogP) is 10.9. The lowest BCUT2D eigenvalue weighted by molar-refractivity contribution is 0.0529. The summed E-state index contributed by atoms with van der Waals surface area (Å²) in [5, 5.41) is 4.91. The molecule has 6 aromatic carbocycles. The first-order valence-corrected chi connectivity index (χ1v) is 23.4. The van der Waals surface area contributed by atoms with Gasteiger partial charge in [0.2, 0.25) is 11.8 Å². The van der Waals surface area contributed by atoms with Gasteiger partial charge in [-0.3, -0.25) is 14.4 Å². The van der Waals surface area contributed by atoms with Crippen LogP contribution in [0.4, 0.5) is 0 Å². The molecule has 0 aliphatic carbocycles. The molecule has 0 radical (unpaired) electrons. The third-order valence-corrected chi connectivity index (χ3v) is 13.3. The number of hydrogen-bond acceptors (Lipinski definition) is 10. The van der Waals surface area contributed by atoms with E-state index in [9.17, 15) is 19.2 Å². The summed E-state index contributed by atoms with van der Waals surface area (Å²) >= 11 is 9.98. The van der Waals surface area contributed by atoms with Crippen LogP contribution in [0.5, 0.6) is 11.5 Å². The van der Waals surface area contributed by atoms with Gasteiger partial charge in [-0.05, 0) is 90.8 Å². The number of halogens is 2. The minimum atomic E-state index is -0.492. The van der Waals surface area contributed by atoms with E-state index in [-0.39, 0.29) is 25.1 Å². The number of esters is 1. The Labute approximate surface area is 400 Å². The lowest BCUT2D eigenvalue weighted by atomic mass is 10.1. The molecule has 0 aliphatic heterocycles. The first-order chi connectivity index (χ1) is 31.5. The molecule has 3 amide bonds. The van der Waals surface area contributed by atoms with Crippen LogP contribution in [0, 0.1) is 0 Å². The number of ether oxygens (including phenoxy) is 3. The van der Waals surface area contributed by atoms with Crippen molar-refractivity contribution < 1.29 is 33.4 Å². The Morgan fingerprint density at radius 1 is 0.569 bits per heavy atom. The molecule has 0 bridgehead atoms. The molecule has 0 unspecified atom stereocenters. The third-order valence-electron chi connectivity index (χ3n) is 9.61. The molecule has 2 aromatic heterocycles. The van der Waals surface area contributed by atoms with E-state index < -0.39 is 11.8 Å². The lowest BCUT2D eigenvalue weighted by Gasteiger charge is -2.10. The molecule has 65 heavy (non-hydrogen) atoms. The molecule has 332 valence electrons. The van der Waals surface area contributed by atoms with Gasteiger partial charge in [-0.25, -0.2) is 4.79 Å². The lowest BCUT2D eigenvalue weighted by Crippen LogP contribution is -2.23. The number of primary amides is 2. The van der Waals surface area contributed by atoms with Crippen LogP contribution in [0.25, 0.3) is 20.2 Å². The van der Waals surface area contributed by atoms with Crippen LogP contribution in [0.15, 0.2) is 155 Å². The van der Waals surface area contributed by atoms with Gasteiger partial charge in [0.05, 0.1) is 11.5 Å². The minimum Gasteiger partial charge on any atom is -0.489 e. The summed E-state index contributed by atoms with van der Waals surface area (Å²) in [5.74, 6) is -0.309. The Morgan fingerprint density at radius 2 is 1.02 bits per heavy atom. The van der Waals surface area contributed by atoms with Gasteiger partial charge in [0.1, 0.15) is 29.6 Å². The van der Waals surface area contributed by atoms with Crippen molar-refractivity contribution in [3.05, 3.63) is 198 Å². The second kappa shape index (κ2) is 23.5. The molecular weight excluding hydrogens is 993 g/mol. The molecule has 8 rings (SSSR count). The van der Waals surface area contributed by atoms with Crippen molar-refractivity contribution in [2.24, 2.45) is 17.2 Å². The summed E-state index contributed by atoms with van der Waals surface area (Å²) in [6.45, 7) is 3.59. The van der Waals surface area contributed by atoms with Crippen LogP contribution in [0.1, 0.15) is 69.2 Å². The Bertz CT molecular complexity index is 2890. The fourth-order valence-corrected chi connectivity index (χ4v) is 10.1. The van der Waals surface area contributed by atoms with Crippen LogP contribution in [0.2, 0.25) is 0 Å². The summed E-state index contributed by atoms with van der Waals surface area (Å²) in [6, 6.07) is 44.6. The van der Waals surface area contributed by atoms with Crippen molar-refractivity contribution in [3.63, 3.8) is 0 Å². The Balaban J connectivity index is 0.000000186. The molecule has 8 aromatic rings. The van der Waals surface area contributed by atoms with Crippen molar-refractivity contribution in [2.45, 2.75) is 33.2 Å². The van der Waals surface area contributed by atoms with Gasteiger partial charge in [-0.2, -0.15) is 0 Å². The fourth-order valence-electron chi connectivity index (χ4n) is 6.37. The zero-order chi connectivity index (χ0) is 46.3. The van der Waals surface area contributed by atoms with E-state index >= 15 is 0 Å². The molecule has 2 heterocycles. The number of benzene rings is 6. The number of hydrogen-bond donors (Lipinski definition) is 4. The van der Waals surface area contributed by atoms with Gasteiger partial charge >= 0.3 is 5.97 Å². The highest BCUT2D eigenvalue weighted by atomic mass is 79.9. The molecule has 7 N–H and O–H groups in total. The van der Waals surface area contributed by atoms with E-state index in [1.807, 2.05) is 97.1 Å². The predicted molar refractivity (Wildman–Crippen MR) is 266 cm³/mol. The molecular formula is C50H44Br2N4O7S2. The fraction of sp³-hybridized carbons (Fsp3) is 0.120. The van der Waals surface area contributed by atoms with Crippen molar-refractivity contribution in [3.8, 4) is 11.5 Å². The Morgan fingerprint density at radius 3 is 1.45 bits per heavy atom. The number of nitrogens with two attached hydrogens (primary N) is 3. The van der Waals surface area contributed by atoms with Crippen LogP contribution < -0.4 is 32.0 Å². The van der Waals surface area contributed by atoms with Crippen LogP contribution in [0.3, 0.4) is 0 Å². The van der Waals surface area contributed by atoms with Crippen LogP contribution >= 0.6 is 54.5 Å². The molecule has 15 heteroatoms. The normalized spacial score (nSPS) is 10.5. The maximum atomic E-state index is 13.0. The quantitative estimate of drug-likeness (QED) is 0.0775. The molecule has 0 atom stereocenters. The van der Waals surface area contributed by atoms with Gasteiger partial charge < -0.3 is 36.7 Å². The number of fused-ring (bicyclic) bond motifs is 2. The molecule has 0 saturated carbocycles. The monoisotopic (exact) mass is 1030 g/mol. The van der Waals surface area contributed by atoms with Crippen molar-refractivity contribution in [1.29, 1.82) is 0 Å². The molecule has 0 spiro atoms. The van der Waals surface area contributed by atoms with E-state index in [4.69, 9.17) is 31.4 Å². The largest absolute Gasteiger partial charge is 0.489 e. The Kier molecular flexibility index (Phi) is 17.4. The maximum Gasteiger partial charge on any atom is 0.348 e. The number of rotatable bonds is 14. The first-order valence-electron chi connectivity index (χ1n) is 20.2. The van der Waals surface area contributed by atoms with E-state index in [0.29, 0.717) is 52.1 Å². The molecule has 11 nitrogen and oxygen atoms in total. The summed E-state index contributed by atoms with van der Waals surface area (Å²) < 4.78 is 20.8. The second-order valence-corrected chi connectivity index (χ2v) is 17.8. The SMILES string of the molecule is CCOC(=O)c1sc2cccc(Br)c2c1COc1ccc(C(N)=O)cc1.NC(=O)c1ccc(OCc2c(C(=O)NCc3ccccc3)sc3cccc(Br)c23)cc1.NCc1ccccc1. The highest BCUT2D eigenvalue weighted by molar-refractivity contribution is 9.11. The van der Waals surface area contributed by atoms with Crippen molar-refractivity contribution in [1.82, 2.24) is 5.32 Å². The zero-order valence-corrected chi connectivity index (χ0v) is 39.9. The van der Waals surface area contributed by atoms with E-state index in [1.54, 1.807) is 55.5 Å². The van der Waals surface area contributed by atoms with Crippen molar-refractivity contribution in [2.75, 3.05) is 6.61 Å². The molecule has 0 aliphatic rings. The van der Waals surface area contributed by atoms with Crippen LogP contribution in [-0.2, 0) is 31.0 Å². The topological polar surface area (TPSA) is 186 Å². The summed E-state index contributed by atoms with van der Waals surface area (Å²) in [5.41, 5.74) is 20.5. The number of carbonyl (C=O) groups is 4. The zero-order valence-electron chi connectivity index (χ0n) is 35.1. The molecule has 0 saturated heterocycles. The van der Waals surface area contributed by atoms with E-state index in [0.717, 1.165) is 45.8 Å². The molecule has 0 fully saturated rings. The van der Waals surface area contributed by atoms with Gasteiger partial charge in [-0.1, -0.05) is 105 Å². The summed E-state index contributed by atoms with van der Waals surface area (Å²) in [6.07, 6.45) is 0. The van der Waals surface area contributed by atoms with Crippen molar-refractivity contribution >= 4 is 98.4 Å². The number of carbonyl (C=O) groups excluding carboxylic acids is 4. The first kappa shape index (κ1) is 48.1. The van der Waals surface area contributed by atoms with E-state index in [1.165, 1.54) is 28.2 Å². The van der Waals surface area contributed by atoms with Crippen LogP contribution in [-0.4, -0.2) is 30.3 Å². The smallest absolute Gasteiger partial charge is 0.348 e. The van der Waals surface area contributed by atoms with Gasteiger partial charge in [0, 0.05) is 64.5 Å². The number of thiophene rings is 2. The number of amides is 3. The second-order valence-electron chi connectivity index (χ2n) is 14.0. The van der Waals surface area contributed by atoms with Gasteiger partial charge in [-0.15, -0.1) is 22.7 Å². The standard InChI is InChI=1S/C24H19BrN2O3S.C19H16BrNO4S.C7H9N/c25-19-7-4-8-20-21(19)18(14-30-17-11-9-16(10-12-17)23(26)28)22(31-20)24(29)27-13-15-5-2-1-3-6-15;1-2-24-19(23)17-13(16-14(20)4-3-5-15(16)26-17)10-25-12-8-6-11(7-9-12)18(21)22;8-6-7-4-2-1-3-5-7/h1-12H,13-14H2,(H2,26,28)(H,27,29);3-9H,2,10H2,1H3,(H2,21,22);1-5H,6,8H2. The number of nitrogens with one attached hydrogen (secondary N) is 1. The highest BCUT2D eigenvalue weighted by Crippen LogP contribution is 2.38. The Hall–Kier alpha value is -6.36. The minimum absolute atomic E-state index is 0.139. The highest BCUT2D eigenvalue weighted by Gasteiger charge is 2.23. The average molecular weight is 1040 g/mol. The summed E-state index contributed by atoms with van der Waals surface area (Å²) in [4.78, 5) is 48.9. The van der Waals surface area contributed by atoms with Gasteiger partial charge in [0.25, 0.3) is 5.91 Å². The van der Waals surface area contributed by atoms with E-state index in [2.05, 4.69) is 37.2 Å².